The predicted octanol–water partition coefficient (Wildman–Crippen LogP) is 0.269. The Morgan fingerprint density at radius 3 is 2.93 bits per heavy atom. The number of aliphatic carboxylic acids is 1. The zero-order valence-corrected chi connectivity index (χ0v) is 7.40. The van der Waals surface area contributed by atoms with Crippen molar-refractivity contribution in [3.63, 3.8) is 0 Å². The first-order chi connectivity index (χ1) is 6.70. The molecule has 0 fully saturated rings. The van der Waals surface area contributed by atoms with Gasteiger partial charge in [0.2, 0.25) is 5.76 Å². The summed E-state index contributed by atoms with van der Waals surface area (Å²) in [4.78, 5) is 21.3. The van der Waals surface area contributed by atoms with Gasteiger partial charge in [0, 0.05) is 19.0 Å². The Hall–Kier alpha value is -1.85. The fraction of sp³-hybridized carbons (Fsp3) is 0.375. The van der Waals surface area contributed by atoms with Crippen LogP contribution in [0.5, 0.6) is 0 Å². The third-order valence-electron chi connectivity index (χ3n) is 1.51. The molecule has 0 aliphatic heterocycles. The molecule has 1 heterocycles. The van der Waals surface area contributed by atoms with Crippen LogP contribution in [0.15, 0.2) is 16.8 Å². The van der Waals surface area contributed by atoms with Gasteiger partial charge in [-0.15, -0.1) is 0 Å². The number of hydrogen-bond acceptors (Lipinski definition) is 4. The minimum Gasteiger partial charge on any atom is -0.481 e. The Morgan fingerprint density at radius 1 is 1.57 bits per heavy atom. The molecular weight excluding hydrogens is 188 g/mol. The highest BCUT2D eigenvalue weighted by Gasteiger charge is 2.08. The van der Waals surface area contributed by atoms with E-state index in [1.54, 1.807) is 0 Å². The molecule has 0 bridgehead atoms. The topological polar surface area (TPSA) is 92.4 Å². The van der Waals surface area contributed by atoms with Crippen LogP contribution in [0.25, 0.3) is 0 Å². The summed E-state index contributed by atoms with van der Waals surface area (Å²) in [7, 11) is 0. The number of hydrogen-bond donors (Lipinski definition) is 2. The number of nitrogens with zero attached hydrogens (tertiary/aromatic N) is 1. The van der Waals surface area contributed by atoms with Crippen molar-refractivity contribution >= 4 is 11.9 Å². The van der Waals surface area contributed by atoms with Gasteiger partial charge in [0.15, 0.2) is 0 Å². The van der Waals surface area contributed by atoms with Crippen LogP contribution in [0.2, 0.25) is 0 Å². The summed E-state index contributed by atoms with van der Waals surface area (Å²) >= 11 is 0. The Bertz CT molecular complexity index is 307. The van der Waals surface area contributed by atoms with Gasteiger partial charge in [0.05, 0.1) is 6.20 Å². The quantitative estimate of drug-likeness (QED) is 0.662. The van der Waals surface area contributed by atoms with Gasteiger partial charge in [0.25, 0.3) is 5.91 Å². The van der Waals surface area contributed by atoms with Crippen LogP contribution in [0.4, 0.5) is 0 Å². The average molecular weight is 198 g/mol. The molecule has 1 rings (SSSR count). The molecule has 0 aliphatic rings. The van der Waals surface area contributed by atoms with E-state index in [1.807, 2.05) is 0 Å². The number of carboxylic acids is 1. The van der Waals surface area contributed by atoms with Crippen molar-refractivity contribution in [3.05, 3.63) is 18.0 Å². The summed E-state index contributed by atoms with van der Waals surface area (Å²) in [6.45, 7) is 0.311. The average Bonchev–Trinajstić information content (AvgIpc) is 2.64. The number of nitrogens with one attached hydrogen (secondary N) is 1. The minimum absolute atomic E-state index is 0.0384. The van der Waals surface area contributed by atoms with E-state index in [1.165, 1.54) is 12.3 Å². The molecule has 1 amide bonds. The molecule has 76 valence electrons. The highest BCUT2D eigenvalue weighted by atomic mass is 16.5. The maximum atomic E-state index is 11.2. The zero-order chi connectivity index (χ0) is 10.4. The lowest BCUT2D eigenvalue weighted by molar-refractivity contribution is -0.137. The standard InChI is InChI=1S/C8H10N2O4/c11-7(12)2-1-4-9-8(13)6-3-5-10-14-6/h3,5H,1-2,4H2,(H,9,13)(H,11,12). The van der Waals surface area contributed by atoms with Crippen molar-refractivity contribution in [2.75, 3.05) is 6.54 Å². The minimum atomic E-state index is -0.876. The highest BCUT2D eigenvalue weighted by molar-refractivity contribution is 5.91. The van der Waals surface area contributed by atoms with Gasteiger partial charge in [-0.25, -0.2) is 0 Å². The number of aromatic nitrogens is 1. The Kier molecular flexibility index (Phi) is 3.66. The molecule has 0 unspecified atom stereocenters. The monoisotopic (exact) mass is 198 g/mol. The van der Waals surface area contributed by atoms with E-state index in [4.69, 9.17) is 5.11 Å². The van der Waals surface area contributed by atoms with E-state index in [2.05, 4.69) is 15.0 Å². The van der Waals surface area contributed by atoms with Crippen LogP contribution < -0.4 is 5.32 Å². The van der Waals surface area contributed by atoms with Crippen LogP contribution in [-0.4, -0.2) is 28.7 Å². The SMILES string of the molecule is O=C(O)CCCNC(=O)c1ccno1. The van der Waals surface area contributed by atoms with Crippen molar-refractivity contribution in [3.8, 4) is 0 Å². The normalized spacial score (nSPS) is 9.71. The van der Waals surface area contributed by atoms with Crippen LogP contribution in [-0.2, 0) is 4.79 Å². The Morgan fingerprint density at radius 2 is 2.36 bits per heavy atom. The molecule has 0 saturated heterocycles. The molecule has 0 spiro atoms. The summed E-state index contributed by atoms with van der Waals surface area (Å²) in [5.74, 6) is -1.13. The second kappa shape index (κ2) is 5.00. The summed E-state index contributed by atoms with van der Waals surface area (Å²) in [6, 6.07) is 1.44. The Labute approximate surface area is 79.9 Å². The lowest BCUT2D eigenvalue weighted by Crippen LogP contribution is -2.24. The number of carboxylic acid groups (broad SMARTS) is 1. The van der Waals surface area contributed by atoms with Gasteiger partial charge < -0.3 is 14.9 Å². The van der Waals surface area contributed by atoms with Gasteiger partial charge in [-0.3, -0.25) is 9.59 Å². The second-order valence-electron chi connectivity index (χ2n) is 2.63. The van der Waals surface area contributed by atoms with Crippen LogP contribution in [0.3, 0.4) is 0 Å². The largest absolute Gasteiger partial charge is 0.481 e. The van der Waals surface area contributed by atoms with E-state index >= 15 is 0 Å². The van der Waals surface area contributed by atoms with Gasteiger partial charge in [-0.1, -0.05) is 5.16 Å². The van der Waals surface area contributed by atoms with Crippen molar-refractivity contribution in [2.24, 2.45) is 0 Å². The highest BCUT2D eigenvalue weighted by Crippen LogP contribution is 1.95. The molecule has 0 aliphatic carbocycles. The number of carbonyl (C=O) groups excluding carboxylic acids is 1. The molecule has 2 N–H and O–H groups in total. The lowest BCUT2D eigenvalue weighted by atomic mass is 10.3. The fourth-order valence-corrected chi connectivity index (χ4v) is 0.862. The molecule has 1 aromatic heterocycles. The molecule has 6 heteroatoms. The molecule has 0 saturated carbocycles. The smallest absolute Gasteiger partial charge is 0.303 e. The van der Waals surface area contributed by atoms with Crippen molar-refractivity contribution in [2.45, 2.75) is 12.8 Å². The van der Waals surface area contributed by atoms with E-state index < -0.39 is 5.97 Å². The molecular formula is C8H10N2O4. The molecule has 0 radical (unpaired) electrons. The molecule has 0 atom stereocenters. The van der Waals surface area contributed by atoms with Crippen molar-refractivity contribution in [1.29, 1.82) is 0 Å². The number of carbonyl (C=O) groups is 2. The maximum absolute atomic E-state index is 11.2. The van der Waals surface area contributed by atoms with Crippen LogP contribution in [0, 0.1) is 0 Å². The number of amides is 1. The molecule has 14 heavy (non-hydrogen) atoms. The van der Waals surface area contributed by atoms with Crippen molar-refractivity contribution in [1.82, 2.24) is 10.5 Å². The maximum Gasteiger partial charge on any atom is 0.303 e. The van der Waals surface area contributed by atoms with Gasteiger partial charge in [0.1, 0.15) is 0 Å². The Balaban J connectivity index is 2.19. The first-order valence-corrected chi connectivity index (χ1v) is 4.11. The third-order valence-corrected chi connectivity index (χ3v) is 1.51. The van der Waals surface area contributed by atoms with E-state index in [0.29, 0.717) is 13.0 Å². The predicted molar refractivity (Wildman–Crippen MR) is 45.7 cm³/mol. The first kappa shape index (κ1) is 10.2. The number of rotatable bonds is 5. The molecule has 0 aromatic carbocycles. The third kappa shape index (κ3) is 3.26. The fourth-order valence-electron chi connectivity index (χ4n) is 0.862. The van der Waals surface area contributed by atoms with Gasteiger partial charge >= 0.3 is 5.97 Å². The van der Waals surface area contributed by atoms with Crippen LogP contribution >= 0.6 is 0 Å². The van der Waals surface area contributed by atoms with Crippen molar-refractivity contribution < 1.29 is 19.2 Å². The van der Waals surface area contributed by atoms with E-state index in [-0.39, 0.29) is 18.1 Å². The molecule has 1 aromatic rings. The van der Waals surface area contributed by atoms with Gasteiger partial charge in [-0.2, -0.15) is 0 Å². The summed E-state index contributed by atoms with van der Waals surface area (Å²) in [5, 5.41) is 14.2. The summed E-state index contributed by atoms with van der Waals surface area (Å²) in [6.07, 6.45) is 1.80. The summed E-state index contributed by atoms with van der Waals surface area (Å²) < 4.78 is 4.60. The van der Waals surface area contributed by atoms with E-state index in [9.17, 15) is 9.59 Å². The lowest BCUT2D eigenvalue weighted by Gasteiger charge is -1.99. The zero-order valence-electron chi connectivity index (χ0n) is 7.40. The summed E-state index contributed by atoms with van der Waals surface area (Å²) in [5.41, 5.74) is 0. The van der Waals surface area contributed by atoms with Gasteiger partial charge in [-0.05, 0) is 6.42 Å². The second-order valence-corrected chi connectivity index (χ2v) is 2.63. The molecule has 6 nitrogen and oxygen atoms in total. The first-order valence-electron chi connectivity index (χ1n) is 4.11. The van der Waals surface area contributed by atoms with E-state index in [0.717, 1.165) is 0 Å². The van der Waals surface area contributed by atoms with Crippen LogP contribution in [0.1, 0.15) is 23.4 Å².